The summed E-state index contributed by atoms with van der Waals surface area (Å²) < 4.78 is 0. The van der Waals surface area contributed by atoms with Gasteiger partial charge in [0, 0.05) is 0 Å². The van der Waals surface area contributed by atoms with Crippen molar-refractivity contribution in [1.29, 1.82) is 0 Å². The molecule has 0 amide bonds. The third kappa shape index (κ3) is 1.80. The summed E-state index contributed by atoms with van der Waals surface area (Å²) in [6, 6.07) is 0. The molecule has 0 N–H and O–H groups in total. The standard InChI is InChI=1S/C20H30O2Se2/c1-17(2)11-7-9-19(17,5)15(21)13(11)23-24-14-12-8-10-20(6,16(14)22)18(12,3)4/h11-14H,7-10H2,1-6H3/t11-,12-,13?,14?,19+,20+/m1/s1. The molecule has 4 aliphatic rings. The topological polar surface area (TPSA) is 34.1 Å². The molecule has 4 fully saturated rings. The van der Waals surface area contributed by atoms with E-state index in [1.54, 1.807) is 0 Å². The van der Waals surface area contributed by atoms with Crippen LogP contribution in [0.4, 0.5) is 0 Å². The molecule has 2 unspecified atom stereocenters. The molecule has 134 valence electrons. The van der Waals surface area contributed by atoms with Crippen LogP contribution in [0.5, 0.6) is 0 Å². The summed E-state index contributed by atoms with van der Waals surface area (Å²) in [5.41, 5.74) is 0.140. The first-order valence-electron chi connectivity index (χ1n) is 9.39. The Morgan fingerprint density at radius 1 is 0.708 bits per heavy atom. The number of hydrogen-bond donors (Lipinski definition) is 0. The van der Waals surface area contributed by atoms with E-state index in [1.165, 1.54) is 12.8 Å². The molecule has 6 atom stereocenters. The molecule has 0 saturated heterocycles. The van der Waals surface area contributed by atoms with Crippen molar-refractivity contribution < 1.29 is 9.59 Å². The summed E-state index contributed by atoms with van der Waals surface area (Å²) in [7, 11) is 0. The van der Waals surface area contributed by atoms with Crippen LogP contribution < -0.4 is 0 Å². The Morgan fingerprint density at radius 3 is 1.29 bits per heavy atom. The van der Waals surface area contributed by atoms with Gasteiger partial charge >= 0.3 is 158 Å². The van der Waals surface area contributed by atoms with Gasteiger partial charge in [-0.15, -0.1) is 0 Å². The number of carbonyl (C=O) groups excluding carboxylic acids is 2. The van der Waals surface area contributed by atoms with E-state index >= 15 is 0 Å². The van der Waals surface area contributed by atoms with Crippen LogP contribution in [-0.4, -0.2) is 37.8 Å². The van der Waals surface area contributed by atoms with Crippen LogP contribution in [0.2, 0.25) is 9.63 Å². The molecule has 4 rings (SSSR count). The second-order valence-electron chi connectivity index (χ2n) is 10.2. The zero-order chi connectivity index (χ0) is 17.7. The van der Waals surface area contributed by atoms with Gasteiger partial charge in [0.25, 0.3) is 0 Å². The first-order chi connectivity index (χ1) is 11.0. The summed E-state index contributed by atoms with van der Waals surface area (Å²) in [5.74, 6) is 2.25. The monoisotopic (exact) mass is 462 g/mol. The third-order valence-electron chi connectivity index (χ3n) is 9.21. The second kappa shape index (κ2) is 5.00. The van der Waals surface area contributed by atoms with Gasteiger partial charge in [-0.3, -0.25) is 0 Å². The average Bonchev–Trinajstić information content (AvgIpc) is 2.97. The van der Waals surface area contributed by atoms with Crippen molar-refractivity contribution in [2.45, 2.75) is 76.9 Å². The summed E-state index contributed by atoms with van der Waals surface area (Å²) in [4.78, 5) is 26.8. The summed E-state index contributed by atoms with van der Waals surface area (Å²) in [6.07, 6.45) is 4.62. The molecule has 4 bridgehead atoms. The van der Waals surface area contributed by atoms with E-state index in [0.717, 1.165) is 12.8 Å². The Bertz CT molecular complexity index is 571. The minimum atomic E-state index is -0.0932. The molecule has 0 heterocycles. The van der Waals surface area contributed by atoms with Crippen molar-refractivity contribution in [3.8, 4) is 0 Å². The molecule has 4 aliphatic carbocycles. The van der Waals surface area contributed by atoms with E-state index in [9.17, 15) is 9.59 Å². The summed E-state index contributed by atoms with van der Waals surface area (Å²) in [5, 5.41) is 0. The molecular formula is C20H30O2Se2. The van der Waals surface area contributed by atoms with Gasteiger partial charge in [0.05, 0.1) is 0 Å². The van der Waals surface area contributed by atoms with E-state index in [0.29, 0.717) is 59.3 Å². The fourth-order valence-electron chi connectivity index (χ4n) is 6.35. The zero-order valence-corrected chi connectivity index (χ0v) is 19.2. The molecule has 2 nitrogen and oxygen atoms in total. The van der Waals surface area contributed by atoms with Gasteiger partial charge in [-0.1, -0.05) is 0 Å². The molecule has 4 saturated carbocycles. The molecule has 0 spiro atoms. The molecule has 0 radical (unpaired) electrons. The van der Waals surface area contributed by atoms with E-state index in [4.69, 9.17) is 0 Å². The summed E-state index contributed by atoms with van der Waals surface area (Å²) in [6.45, 7) is 13.7. The number of carbonyl (C=O) groups is 2. The number of rotatable bonds is 3. The normalized spacial score (nSPS) is 50.9. The maximum absolute atomic E-state index is 13.1. The van der Waals surface area contributed by atoms with Gasteiger partial charge in [-0.05, 0) is 0 Å². The Balaban J connectivity index is 1.52. The van der Waals surface area contributed by atoms with Gasteiger partial charge in [-0.25, -0.2) is 0 Å². The average molecular weight is 460 g/mol. The molecule has 4 heteroatoms. The van der Waals surface area contributed by atoms with Crippen LogP contribution in [0.1, 0.15) is 67.2 Å². The van der Waals surface area contributed by atoms with Crippen molar-refractivity contribution >= 4 is 37.8 Å². The second-order valence-corrected chi connectivity index (χ2v) is 17.3. The van der Waals surface area contributed by atoms with Crippen LogP contribution in [-0.2, 0) is 9.59 Å². The van der Waals surface area contributed by atoms with Crippen molar-refractivity contribution in [1.82, 2.24) is 0 Å². The Kier molecular flexibility index (Phi) is 3.71. The summed E-state index contributed by atoms with van der Waals surface area (Å²) >= 11 is 0.697. The van der Waals surface area contributed by atoms with Crippen LogP contribution in [0.25, 0.3) is 0 Å². The van der Waals surface area contributed by atoms with Crippen molar-refractivity contribution in [3.63, 3.8) is 0 Å². The van der Waals surface area contributed by atoms with Gasteiger partial charge in [0.1, 0.15) is 0 Å². The van der Waals surface area contributed by atoms with Crippen LogP contribution in [0.15, 0.2) is 0 Å². The quantitative estimate of drug-likeness (QED) is 0.599. The first-order valence-corrected chi connectivity index (χ1v) is 15.7. The van der Waals surface area contributed by atoms with Crippen LogP contribution in [0.3, 0.4) is 0 Å². The van der Waals surface area contributed by atoms with Gasteiger partial charge in [-0.2, -0.15) is 0 Å². The maximum atomic E-state index is 13.1. The SMILES string of the molecule is CC1(C)[C@@H]2CC[C@@]1(C)C(=O)C2[Se][Se]C1C(=O)[C@]2(C)CC[C@H]1C2(C)C. The molecular weight excluding hydrogens is 430 g/mol. The van der Waals surface area contributed by atoms with E-state index in [2.05, 4.69) is 41.5 Å². The zero-order valence-electron chi connectivity index (χ0n) is 15.8. The predicted molar refractivity (Wildman–Crippen MR) is 98.2 cm³/mol. The molecule has 0 aromatic heterocycles. The van der Waals surface area contributed by atoms with Crippen molar-refractivity contribution in [2.75, 3.05) is 0 Å². The van der Waals surface area contributed by atoms with E-state index < -0.39 is 0 Å². The van der Waals surface area contributed by atoms with Crippen molar-refractivity contribution in [3.05, 3.63) is 0 Å². The molecule has 0 aromatic carbocycles. The Hall–Kier alpha value is 0.379. The predicted octanol–water partition coefficient (Wildman–Crippen LogP) is 3.94. The number of Topliss-reactive ketones (excluding diaryl/α,β-unsaturated/α-hetero) is 2. The van der Waals surface area contributed by atoms with E-state index in [1.807, 2.05) is 0 Å². The Labute approximate surface area is 157 Å². The minimum absolute atomic E-state index is 0.0932. The first kappa shape index (κ1) is 17.8. The fraction of sp³-hybridized carbons (Fsp3) is 0.900. The van der Waals surface area contributed by atoms with Crippen LogP contribution >= 0.6 is 0 Å². The fourth-order valence-corrected chi connectivity index (χ4v) is 18.3. The number of ketones is 2. The molecule has 0 aliphatic heterocycles. The van der Waals surface area contributed by atoms with Gasteiger partial charge < -0.3 is 0 Å². The Morgan fingerprint density at radius 2 is 1.04 bits per heavy atom. The third-order valence-corrected chi connectivity index (χ3v) is 18.3. The molecule has 0 aromatic rings. The number of hydrogen-bond acceptors (Lipinski definition) is 2. The van der Waals surface area contributed by atoms with E-state index in [-0.39, 0.29) is 21.7 Å². The van der Waals surface area contributed by atoms with Gasteiger partial charge in [0.2, 0.25) is 0 Å². The van der Waals surface area contributed by atoms with Crippen LogP contribution in [0, 0.1) is 33.5 Å². The number of fused-ring (bicyclic) bond motifs is 4. The molecule has 24 heavy (non-hydrogen) atoms. The van der Waals surface area contributed by atoms with Gasteiger partial charge in [0.15, 0.2) is 0 Å². The van der Waals surface area contributed by atoms with Crippen molar-refractivity contribution in [2.24, 2.45) is 33.5 Å².